The molecule has 0 aromatic carbocycles. The van der Waals surface area contributed by atoms with Crippen LogP contribution in [0.2, 0.25) is 0 Å². The number of phosphoric acid groups is 1. The lowest BCUT2D eigenvalue weighted by Gasteiger charge is -2.37. The fraction of sp³-hybridized carbons (Fsp3) is 1.00. The average molecular weight is 350 g/mol. The first-order chi connectivity index (χ1) is 9.04. The Bertz CT molecular complexity index is 399. The molecule has 0 unspecified atom stereocenters. The highest BCUT2D eigenvalue weighted by molar-refractivity contribution is 7.46. The second kappa shape index (κ2) is 6.02. The third-order valence-corrected chi connectivity index (χ3v) is 3.59. The second-order valence-corrected chi connectivity index (χ2v) is 5.59. The molecule has 4 nitrogen and oxygen atoms in total. The first-order valence-corrected chi connectivity index (χ1v) is 7.15. The van der Waals surface area contributed by atoms with Crippen molar-refractivity contribution in [1.29, 1.82) is 0 Å². The fourth-order valence-electron chi connectivity index (χ4n) is 1.64. The molecule has 0 rings (SSSR count). The van der Waals surface area contributed by atoms with Gasteiger partial charge in [-0.3, -0.25) is 4.52 Å². The third-order valence-electron chi connectivity index (χ3n) is 2.96. The standard InChI is InChI=1S/C9H14F7O4P/c1-3-6(4-2,20-21(17,18)19)5-7(10,11)8(12,13)9(14,15)16/h3-5H2,1-2H3,(H2,17,18,19). The average Bonchev–Trinajstić information content (AvgIpc) is 2.24. The van der Waals surface area contributed by atoms with Crippen LogP contribution in [0, 0.1) is 0 Å². The van der Waals surface area contributed by atoms with Crippen LogP contribution < -0.4 is 0 Å². The van der Waals surface area contributed by atoms with Crippen molar-refractivity contribution in [2.45, 2.75) is 56.7 Å². The van der Waals surface area contributed by atoms with Gasteiger partial charge in [0.25, 0.3) is 0 Å². The summed E-state index contributed by atoms with van der Waals surface area (Å²) in [6.45, 7) is 2.14. The maximum atomic E-state index is 13.3. The Morgan fingerprint density at radius 3 is 1.57 bits per heavy atom. The van der Waals surface area contributed by atoms with Crippen LogP contribution in [0.4, 0.5) is 30.7 Å². The Labute approximate surface area is 115 Å². The van der Waals surface area contributed by atoms with E-state index in [1.807, 2.05) is 0 Å². The summed E-state index contributed by atoms with van der Waals surface area (Å²) in [7, 11) is -5.36. The second-order valence-electron chi connectivity index (χ2n) is 4.43. The molecule has 0 aliphatic heterocycles. The molecule has 0 aromatic rings. The molecule has 0 bridgehead atoms. The molecule has 0 spiro atoms. The van der Waals surface area contributed by atoms with E-state index in [4.69, 9.17) is 9.79 Å². The largest absolute Gasteiger partial charge is 0.470 e. The Hall–Kier alpha value is -0.380. The Kier molecular flexibility index (Phi) is 5.91. The quantitative estimate of drug-likeness (QED) is 0.540. The molecule has 0 fully saturated rings. The van der Waals surface area contributed by atoms with Gasteiger partial charge in [-0.25, -0.2) is 4.57 Å². The highest BCUT2D eigenvalue weighted by atomic mass is 31.2. The van der Waals surface area contributed by atoms with Crippen LogP contribution in [0.5, 0.6) is 0 Å². The van der Waals surface area contributed by atoms with E-state index in [0.717, 1.165) is 13.8 Å². The van der Waals surface area contributed by atoms with E-state index in [1.165, 1.54) is 0 Å². The summed E-state index contributed by atoms with van der Waals surface area (Å²) in [5, 5.41) is 0. The van der Waals surface area contributed by atoms with Crippen molar-refractivity contribution in [3.63, 3.8) is 0 Å². The minimum absolute atomic E-state index is 0.599. The number of hydrogen-bond acceptors (Lipinski definition) is 2. The Morgan fingerprint density at radius 2 is 1.33 bits per heavy atom. The van der Waals surface area contributed by atoms with E-state index in [-0.39, 0.29) is 0 Å². The van der Waals surface area contributed by atoms with E-state index in [9.17, 15) is 35.3 Å². The molecular weight excluding hydrogens is 336 g/mol. The van der Waals surface area contributed by atoms with Gasteiger partial charge in [0.2, 0.25) is 0 Å². The third kappa shape index (κ3) is 4.80. The zero-order chi connectivity index (χ0) is 17.3. The number of alkyl halides is 7. The number of phosphoric ester groups is 1. The minimum atomic E-state index is -6.51. The van der Waals surface area contributed by atoms with Crippen molar-refractivity contribution in [3.05, 3.63) is 0 Å². The molecule has 0 aromatic heterocycles. The first-order valence-electron chi connectivity index (χ1n) is 5.62. The monoisotopic (exact) mass is 350 g/mol. The van der Waals surface area contributed by atoms with Gasteiger partial charge >= 0.3 is 25.8 Å². The maximum Gasteiger partial charge on any atom is 0.470 e. The predicted molar refractivity (Wildman–Crippen MR) is 57.0 cm³/mol. The van der Waals surface area contributed by atoms with Crippen LogP contribution in [0.15, 0.2) is 0 Å². The molecule has 0 amide bonds. The van der Waals surface area contributed by atoms with Crippen LogP contribution in [0.1, 0.15) is 33.1 Å². The lowest BCUT2D eigenvalue weighted by Crippen LogP contribution is -2.55. The van der Waals surface area contributed by atoms with Crippen LogP contribution in [-0.2, 0) is 9.09 Å². The van der Waals surface area contributed by atoms with Gasteiger partial charge in [0.1, 0.15) is 0 Å². The molecule has 0 heterocycles. The van der Waals surface area contributed by atoms with E-state index in [1.54, 1.807) is 0 Å². The Morgan fingerprint density at radius 1 is 0.952 bits per heavy atom. The summed E-state index contributed by atoms with van der Waals surface area (Å²) in [6.07, 6.45) is -9.90. The van der Waals surface area contributed by atoms with Gasteiger partial charge < -0.3 is 9.79 Å². The number of hydrogen-bond donors (Lipinski definition) is 2. The highest BCUT2D eigenvalue weighted by Crippen LogP contribution is 2.53. The molecule has 0 saturated heterocycles. The van der Waals surface area contributed by atoms with Crippen LogP contribution in [-0.4, -0.2) is 33.4 Å². The number of rotatable bonds is 7. The molecule has 2 N–H and O–H groups in total. The normalized spacial score (nSPS) is 15.4. The lowest BCUT2D eigenvalue weighted by molar-refractivity contribution is -0.361. The van der Waals surface area contributed by atoms with Crippen LogP contribution in [0.3, 0.4) is 0 Å². The van der Waals surface area contributed by atoms with Crippen molar-refractivity contribution < 1.29 is 49.6 Å². The minimum Gasteiger partial charge on any atom is -0.303 e. The molecule has 0 aliphatic carbocycles. The SMILES string of the molecule is CCC(CC)(CC(F)(F)C(F)(F)C(F)(F)F)OP(=O)(O)O. The van der Waals surface area contributed by atoms with Crippen LogP contribution in [0.25, 0.3) is 0 Å². The van der Waals surface area contributed by atoms with Gasteiger partial charge in [0.05, 0.1) is 5.60 Å². The van der Waals surface area contributed by atoms with Gasteiger partial charge in [-0.1, -0.05) is 13.8 Å². The van der Waals surface area contributed by atoms with Gasteiger partial charge in [-0.2, -0.15) is 30.7 Å². The smallest absolute Gasteiger partial charge is 0.303 e. The van der Waals surface area contributed by atoms with Crippen LogP contribution >= 0.6 is 7.82 Å². The fourth-order valence-corrected chi connectivity index (χ4v) is 2.46. The van der Waals surface area contributed by atoms with Gasteiger partial charge in [0.15, 0.2) is 0 Å². The molecule has 0 radical (unpaired) electrons. The van der Waals surface area contributed by atoms with E-state index >= 15 is 0 Å². The summed E-state index contributed by atoms with van der Waals surface area (Å²) in [5.74, 6) is -11.9. The Balaban J connectivity index is 5.59. The zero-order valence-electron chi connectivity index (χ0n) is 10.9. The number of halogens is 7. The van der Waals surface area contributed by atoms with Crippen molar-refractivity contribution in [2.24, 2.45) is 0 Å². The summed E-state index contributed by atoms with van der Waals surface area (Å²) in [6, 6.07) is 0. The maximum absolute atomic E-state index is 13.3. The lowest BCUT2D eigenvalue weighted by atomic mass is 9.88. The summed E-state index contributed by atoms with van der Waals surface area (Å²) < 4.78 is 103. The van der Waals surface area contributed by atoms with Gasteiger partial charge in [0, 0.05) is 6.42 Å². The first kappa shape index (κ1) is 20.6. The topological polar surface area (TPSA) is 66.8 Å². The molecular formula is C9H14F7O4P. The summed E-state index contributed by atoms with van der Waals surface area (Å²) >= 11 is 0. The molecule has 128 valence electrons. The predicted octanol–water partition coefficient (Wildman–Crippen LogP) is 3.88. The van der Waals surface area contributed by atoms with Crippen molar-refractivity contribution >= 4 is 7.82 Å². The summed E-state index contributed by atoms with van der Waals surface area (Å²) in [5.41, 5.74) is -2.52. The van der Waals surface area contributed by atoms with Crippen molar-refractivity contribution in [1.82, 2.24) is 0 Å². The zero-order valence-corrected chi connectivity index (χ0v) is 11.8. The van der Waals surface area contributed by atoms with Gasteiger partial charge in [-0.15, -0.1) is 0 Å². The molecule has 0 saturated carbocycles. The van der Waals surface area contributed by atoms with Crippen molar-refractivity contribution in [3.8, 4) is 0 Å². The van der Waals surface area contributed by atoms with Crippen molar-refractivity contribution in [2.75, 3.05) is 0 Å². The van der Waals surface area contributed by atoms with E-state index in [2.05, 4.69) is 4.52 Å². The summed E-state index contributed by atoms with van der Waals surface area (Å²) in [4.78, 5) is 17.2. The van der Waals surface area contributed by atoms with E-state index in [0.29, 0.717) is 0 Å². The highest BCUT2D eigenvalue weighted by Gasteiger charge is 2.74. The van der Waals surface area contributed by atoms with Gasteiger partial charge in [-0.05, 0) is 12.8 Å². The molecule has 21 heavy (non-hydrogen) atoms. The van der Waals surface area contributed by atoms with E-state index < -0.39 is 50.7 Å². The molecule has 12 heteroatoms. The molecule has 0 atom stereocenters. The molecule has 0 aliphatic rings.